The largest absolute Gasteiger partial charge is 0.497 e. The minimum Gasteiger partial charge on any atom is -0.497 e. The Hall–Kier alpha value is -2.01. The van der Waals surface area contributed by atoms with Crippen molar-refractivity contribution >= 4 is 16.8 Å². The molecule has 2 N–H and O–H groups in total. The maximum Gasteiger partial charge on any atom is 0.212 e. The Balaban J connectivity index is 2.10. The summed E-state index contributed by atoms with van der Waals surface area (Å²) in [5.41, 5.74) is 3.22. The molecule has 18 heavy (non-hydrogen) atoms. The second kappa shape index (κ2) is 4.34. The highest BCUT2D eigenvalue weighted by Crippen LogP contribution is 2.22. The van der Waals surface area contributed by atoms with E-state index in [1.165, 1.54) is 5.69 Å². The number of hydrogen-bond donors (Lipinski definition) is 2. The van der Waals surface area contributed by atoms with Gasteiger partial charge in [0.2, 0.25) is 5.78 Å². The van der Waals surface area contributed by atoms with Crippen molar-refractivity contribution in [3.05, 3.63) is 30.1 Å². The molecule has 94 valence electrons. The molecule has 1 aromatic carbocycles. The first-order chi connectivity index (χ1) is 8.81. The first-order valence-corrected chi connectivity index (χ1v) is 6.00. The molecular formula is C13H16N4O. The monoisotopic (exact) mass is 244 g/mol. The van der Waals surface area contributed by atoms with Crippen molar-refractivity contribution < 1.29 is 4.74 Å². The smallest absolute Gasteiger partial charge is 0.212 e. The van der Waals surface area contributed by atoms with Gasteiger partial charge in [0, 0.05) is 30.9 Å². The molecule has 0 aliphatic carbocycles. The number of rotatable bonds is 4. The number of aromatic amines is 1. The molecule has 3 aromatic rings. The van der Waals surface area contributed by atoms with Gasteiger partial charge in [-0.15, -0.1) is 0 Å². The van der Waals surface area contributed by atoms with Gasteiger partial charge < -0.3 is 15.0 Å². The fourth-order valence-electron chi connectivity index (χ4n) is 2.14. The average Bonchev–Trinajstić information content (AvgIpc) is 2.92. The highest BCUT2D eigenvalue weighted by Gasteiger charge is 2.08. The van der Waals surface area contributed by atoms with Crippen LogP contribution in [0.2, 0.25) is 0 Å². The highest BCUT2D eigenvalue weighted by molar-refractivity contribution is 5.81. The lowest BCUT2D eigenvalue weighted by molar-refractivity contribution is 0.415. The van der Waals surface area contributed by atoms with E-state index in [1.807, 2.05) is 25.2 Å². The number of benzene rings is 1. The summed E-state index contributed by atoms with van der Waals surface area (Å²) in [7, 11) is 3.63. The van der Waals surface area contributed by atoms with Gasteiger partial charge in [-0.05, 0) is 19.2 Å². The van der Waals surface area contributed by atoms with Crippen LogP contribution in [0.15, 0.2) is 24.4 Å². The van der Waals surface area contributed by atoms with Gasteiger partial charge in [-0.3, -0.25) is 4.40 Å². The summed E-state index contributed by atoms with van der Waals surface area (Å²) in [6, 6.07) is 5.91. The van der Waals surface area contributed by atoms with Crippen LogP contribution in [0.25, 0.3) is 16.8 Å². The number of aromatic nitrogens is 3. The van der Waals surface area contributed by atoms with Gasteiger partial charge in [0.15, 0.2) is 0 Å². The number of nitrogens with one attached hydrogen (secondary N) is 2. The van der Waals surface area contributed by atoms with Crippen LogP contribution in [0.1, 0.15) is 5.69 Å². The van der Waals surface area contributed by atoms with Crippen molar-refractivity contribution in [3.63, 3.8) is 0 Å². The third-order valence-corrected chi connectivity index (χ3v) is 3.10. The van der Waals surface area contributed by atoms with E-state index in [1.54, 1.807) is 7.11 Å². The second-order valence-electron chi connectivity index (χ2n) is 4.29. The zero-order valence-corrected chi connectivity index (χ0v) is 10.5. The lowest BCUT2D eigenvalue weighted by Gasteiger charge is -1.98. The number of methoxy groups -OCH3 is 1. The maximum atomic E-state index is 5.25. The fourth-order valence-corrected chi connectivity index (χ4v) is 2.14. The molecule has 2 aromatic heterocycles. The molecule has 5 heteroatoms. The molecule has 5 nitrogen and oxygen atoms in total. The Kier molecular flexibility index (Phi) is 2.68. The molecule has 0 radical (unpaired) electrons. The lowest BCUT2D eigenvalue weighted by Crippen LogP contribution is -2.10. The fraction of sp³-hybridized carbons (Fsp3) is 0.308. The second-order valence-corrected chi connectivity index (χ2v) is 4.29. The quantitative estimate of drug-likeness (QED) is 0.732. The van der Waals surface area contributed by atoms with Gasteiger partial charge >= 0.3 is 0 Å². The zero-order valence-electron chi connectivity index (χ0n) is 10.5. The first-order valence-electron chi connectivity index (χ1n) is 6.00. The third kappa shape index (κ3) is 1.73. The van der Waals surface area contributed by atoms with Crippen molar-refractivity contribution in [3.8, 4) is 5.75 Å². The number of hydrogen-bond acceptors (Lipinski definition) is 3. The van der Waals surface area contributed by atoms with Crippen LogP contribution in [-0.2, 0) is 6.42 Å². The van der Waals surface area contributed by atoms with E-state index in [4.69, 9.17) is 4.74 Å². The Bertz CT molecular complexity index is 683. The number of fused-ring (bicyclic) bond motifs is 3. The van der Waals surface area contributed by atoms with Crippen LogP contribution in [0, 0.1) is 0 Å². The van der Waals surface area contributed by atoms with E-state index in [9.17, 15) is 0 Å². The van der Waals surface area contributed by atoms with Crippen LogP contribution < -0.4 is 10.1 Å². The highest BCUT2D eigenvalue weighted by atomic mass is 16.5. The van der Waals surface area contributed by atoms with Gasteiger partial charge in [0.25, 0.3) is 0 Å². The molecule has 0 saturated heterocycles. The van der Waals surface area contributed by atoms with Crippen molar-refractivity contribution in [2.75, 3.05) is 20.7 Å². The third-order valence-electron chi connectivity index (χ3n) is 3.10. The van der Waals surface area contributed by atoms with Crippen LogP contribution in [0.5, 0.6) is 5.75 Å². The summed E-state index contributed by atoms with van der Waals surface area (Å²) in [4.78, 5) is 7.88. The average molecular weight is 244 g/mol. The minimum absolute atomic E-state index is 0.849. The molecule has 0 unspecified atom stereocenters. The molecule has 0 amide bonds. The molecule has 0 fully saturated rings. The predicted molar refractivity (Wildman–Crippen MR) is 71.2 cm³/mol. The van der Waals surface area contributed by atoms with Crippen LogP contribution in [0.3, 0.4) is 0 Å². The predicted octanol–water partition coefficient (Wildman–Crippen LogP) is 1.59. The van der Waals surface area contributed by atoms with Crippen molar-refractivity contribution in [2.45, 2.75) is 6.42 Å². The Morgan fingerprint density at radius 2 is 2.33 bits per heavy atom. The number of H-pyrrole nitrogens is 1. The zero-order chi connectivity index (χ0) is 12.5. The van der Waals surface area contributed by atoms with Gasteiger partial charge in [-0.25, -0.2) is 4.98 Å². The number of imidazole rings is 2. The number of nitrogens with zero attached hydrogens (tertiary/aromatic N) is 2. The van der Waals surface area contributed by atoms with Crippen LogP contribution >= 0.6 is 0 Å². The van der Waals surface area contributed by atoms with Gasteiger partial charge in [-0.2, -0.15) is 0 Å². The van der Waals surface area contributed by atoms with E-state index >= 15 is 0 Å². The Morgan fingerprint density at radius 1 is 1.44 bits per heavy atom. The summed E-state index contributed by atoms with van der Waals surface area (Å²) >= 11 is 0. The summed E-state index contributed by atoms with van der Waals surface area (Å²) < 4.78 is 7.32. The molecule has 3 rings (SSSR count). The van der Waals surface area contributed by atoms with Gasteiger partial charge in [0.05, 0.1) is 18.1 Å². The maximum absolute atomic E-state index is 5.25. The minimum atomic E-state index is 0.849. The van der Waals surface area contributed by atoms with E-state index in [-0.39, 0.29) is 0 Å². The molecule has 0 bridgehead atoms. The summed E-state index contributed by atoms with van der Waals surface area (Å²) in [5, 5.41) is 3.14. The lowest BCUT2D eigenvalue weighted by atomic mass is 10.3. The van der Waals surface area contributed by atoms with Crippen molar-refractivity contribution in [1.29, 1.82) is 0 Å². The molecule has 2 heterocycles. The summed E-state index contributed by atoms with van der Waals surface area (Å²) in [6.07, 6.45) is 3.06. The topological polar surface area (TPSA) is 54.4 Å². The molecule has 0 saturated carbocycles. The van der Waals surface area contributed by atoms with Crippen molar-refractivity contribution in [1.82, 2.24) is 19.7 Å². The molecular weight excluding hydrogens is 228 g/mol. The standard InChI is InChI=1S/C13H16N4O/c1-14-6-5-9-8-17-12-7-10(18-2)3-4-11(12)16-13(17)15-9/h3-4,7-8,14H,5-6H2,1-2H3,(H,15,16). The van der Waals surface area contributed by atoms with E-state index in [0.717, 1.165) is 35.5 Å². The van der Waals surface area contributed by atoms with E-state index in [0.29, 0.717) is 0 Å². The summed E-state index contributed by atoms with van der Waals surface area (Å²) in [5.74, 6) is 1.73. The van der Waals surface area contributed by atoms with Crippen molar-refractivity contribution in [2.24, 2.45) is 0 Å². The molecule has 0 aliphatic heterocycles. The Morgan fingerprint density at radius 3 is 3.11 bits per heavy atom. The van der Waals surface area contributed by atoms with E-state index in [2.05, 4.69) is 25.9 Å². The van der Waals surface area contributed by atoms with E-state index < -0.39 is 0 Å². The van der Waals surface area contributed by atoms with Crippen LogP contribution in [-0.4, -0.2) is 35.1 Å². The normalized spacial score (nSPS) is 11.4. The van der Waals surface area contributed by atoms with Crippen LogP contribution in [0.4, 0.5) is 0 Å². The first kappa shape index (κ1) is 11.1. The van der Waals surface area contributed by atoms with Gasteiger partial charge in [0.1, 0.15) is 5.75 Å². The summed E-state index contributed by atoms with van der Waals surface area (Å²) in [6.45, 7) is 0.949. The Labute approximate surface area is 105 Å². The number of ether oxygens (including phenoxy) is 1. The molecule has 0 atom stereocenters. The molecule has 0 spiro atoms. The molecule has 0 aliphatic rings. The SMILES string of the molecule is CNCCc1cn2c(nc3ccc(OC)cc32)[nH]1. The number of likely N-dealkylation sites (N-methyl/N-ethyl adjacent to an activating group) is 1. The van der Waals surface area contributed by atoms with Gasteiger partial charge in [-0.1, -0.05) is 0 Å².